The zero-order valence-corrected chi connectivity index (χ0v) is 16.3. The average Bonchev–Trinajstić information content (AvgIpc) is 3.10. The van der Waals surface area contributed by atoms with Crippen molar-refractivity contribution in [3.05, 3.63) is 57.9 Å². The third-order valence-electron chi connectivity index (χ3n) is 5.20. The van der Waals surface area contributed by atoms with Crippen LogP contribution in [0.15, 0.2) is 35.1 Å². The van der Waals surface area contributed by atoms with Crippen LogP contribution in [0, 0.1) is 0 Å². The number of H-pyrrole nitrogens is 1. The number of pyridine rings is 1. The molecule has 4 rings (SSSR count). The second kappa shape index (κ2) is 6.85. The number of rotatable bonds is 2. The van der Waals surface area contributed by atoms with Crippen molar-refractivity contribution < 1.29 is 4.79 Å². The predicted molar refractivity (Wildman–Crippen MR) is 104 cm³/mol. The molecule has 146 valence electrons. The number of hydrogen-bond donors (Lipinski definition) is 1. The molecule has 0 aliphatic carbocycles. The van der Waals surface area contributed by atoms with Crippen molar-refractivity contribution in [2.45, 2.75) is 44.9 Å². The molecular formula is C20H24N6O2. The van der Waals surface area contributed by atoms with E-state index in [0.717, 1.165) is 30.0 Å². The number of piperidine rings is 1. The Kier molecular flexibility index (Phi) is 4.49. The first-order valence-electron chi connectivity index (χ1n) is 9.54. The lowest BCUT2D eigenvalue weighted by atomic mass is 9.92. The Hall–Kier alpha value is -3.03. The molecule has 1 saturated heterocycles. The molecule has 0 atom stereocenters. The largest absolute Gasteiger partial charge is 0.337 e. The van der Waals surface area contributed by atoms with Gasteiger partial charge in [0, 0.05) is 30.5 Å². The van der Waals surface area contributed by atoms with E-state index in [1.54, 1.807) is 17.0 Å². The molecule has 0 aromatic carbocycles. The van der Waals surface area contributed by atoms with Crippen LogP contribution in [0.4, 0.5) is 0 Å². The minimum absolute atomic E-state index is 0.0574. The van der Waals surface area contributed by atoms with Gasteiger partial charge >= 0.3 is 0 Å². The van der Waals surface area contributed by atoms with E-state index in [-0.39, 0.29) is 22.8 Å². The highest BCUT2D eigenvalue weighted by atomic mass is 16.2. The number of nitrogens with zero attached hydrogens (tertiary/aromatic N) is 5. The van der Waals surface area contributed by atoms with Crippen LogP contribution in [-0.4, -0.2) is 48.7 Å². The minimum Gasteiger partial charge on any atom is -0.337 e. The van der Waals surface area contributed by atoms with Gasteiger partial charge in [0.05, 0.1) is 5.69 Å². The van der Waals surface area contributed by atoms with Gasteiger partial charge in [0.15, 0.2) is 11.5 Å². The van der Waals surface area contributed by atoms with Crippen molar-refractivity contribution in [3.63, 3.8) is 0 Å². The summed E-state index contributed by atoms with van der Waals surface area (Å²) in [5.74, 6) is 0.897. The molecular weight excluding hydrogens is 356 g/mol. The van der Waals surface area contributed by atoms with E-state index in [4.69, 9.17) is 5.10 Å². The summed E-state index contributed by atoms with van der Waals surface area (Å²) in [6, 6.07) is 8.59. The normalized spacial score (nSPS) is 15.9. The number of nitrogens with one attached hydrogen (secondary N) is 1. The summed E-state index contributed by atoms with van der Waals surface area (Å²) in [6.45, 7) is 7.60. The van der Waals surface area contributed by atoms with Crippen molar-refractivity contribution in [3.8, 4) is 0 Å². The Morgan fingerprint density at radius 2 is 1.86 bits per heavy atom. The number of amides is 1. The topological polar surface area (TPSA) is 96.2 Å². The summed E-state index contributed by atoms with van der Waals surface area (Å²) in [4.78, 5) is 28.5. The second-order valence-corrected chi connectivity index (χ2v) is 8.29. The Morgan fingerprint density at radius 1 is 1.11 bits per heavy atom. The standard InChI is InChI=1S/C20H24N6O2/c1-20(2,3)15-7-8-16-22-23-18(26(16)24-15)13-9-11-25(12-10-13)19(28)14-5-4-6-17(27)21-14/h4-8,13H,9-12H2,1-3H3,(H,21,27). The number of likely N-dealkylation sites (tertiary alicyclic amines) is 1. The van der Waals surface area contributed by atoms with Crippen LogP contribution in [0.3, 0.4) is 0 Å². The van der Waals surface area contributed by atoms with E-state index in [1.165, 1.54) is 6.07 Å². The van der Waals surface area contributed by atoms with Gasteiger partial charge in [0.2, 0.25) is 5.56 Å². The molecule has 0 saturated carbocycles. The van der Waals surface area contributed by atoms with Crippen LogP contribution in [-0.2, 0) is 5.41 Å². The first-order chi connectivity index (χ1) is 13.3. The van der Waals surface area contributed by atoms with Crippen molar-refractivity contribution in [2.24, 2.45) is 0 Å². The molecule has 1 N–H and O–H groups in total. The summed E-state index contributed by atoms with van der Waals surface area (Å²) < 4.78 is 1.84. The zero-order chi connectivity index (χ0) is 19.9. The number of carbonyl (C=O) groups excluding carboxylic acids is 1. The number of fused-ring (bicyclic) bond motifs is 1. The van der Waals surface area contributed by atoms with E-state index >= 15 is 0 Å². The van der Waals surface area contributed by atoms with Gasteiger partial charge < -0.3 is 9.88 Å². The first kappa shape index (κ1) is 18.3. The molecule has 8 nitrogen and oxygen atoms in total. The van der Waals surface area contributed by atoms with Crippen LogP contribution in [0.25, 0.3) is 5.65 Å². The third kappa shape index (κ3) is 3.42. The molecule has 1 amide bonds. The highest BCUT2D eigenvalue weighted by Crippen LogP contribution is 2.28. The summed E-state index contributed by atoms with van der Waals surface area (Å²) in [5.41, 5.74) is 1.73. The molecule has 0 bridgehead atoms. The maximum Gasteiger partial charge on any atom is 0.270 e. The number of aromatic nitrogens is 5. The molecule has 4 heterocycles. The quantitative estimate of drug-likeness (QED) is 0.735. The zero-order valence-electron chi connectivity index (χ0n) is 16.3. The first-order valence-corrected chi connectivity index (χ1v) is 9.54. The maximum absolute atomic E-state index is 12.6. The van der Waals surface area contributed by atoms with E-state index in [0.29, 0.717) is 18.8 Å². The number of carbonyl (C=O) groups is 1. The van der Waals surface area contributed by atoms with E-state index in [9.17, 15) is 9.59 Å². The van der Waals surface area contributed by atoms with Gasteiger partial charge in [0.1, 0.15) is 5.69 Å². The van der Waals surface area contributed by atoms with Gasteiger partial charge in [-0.15, -0.1) is 10.2 Å². The molecule has 0 unspecified atom stereocenters. The van der Waals surface area contributed by atoms with Gasteiger partial charge in [-0.2, -0.15) is 9.61 Å². The van der Waals surface area contributed by atoms with Gasteiger partial charge in [-0.3, -0.25) is 9.59 Å². The summed E-state index contributed by atoms with van der Waals surface area (Å²) >= 11 is 0. The minimum atomic E-state index is -0.267. The summed E-state index contributed by atoms with van der Waals surface area (Å²) in [6.07, 6.45) is 1.57. The molecule has 0 spiro atoms. The van der Waals surface area contributed by atoms with Crippen LogP contribution >= 0.6 is 0 Å². The Balaban J connectivity index is 1.52. The molecule has 8 heteroatoms. The lowest BCUT2D eigenvalue weighted by molar-refractivity contribution is 0.0704. The Labute approximate surface area is 162 Å². The van der Waals surface area contributed by atoms with E-state index in [1.807, 2.05) is 16.6 Å². The predicted octanol–water partition coefficient (Wildman–Crippen LogP) is 2.13. The summed E-state index contributed by atoms with van der Waals surface area (Å²) in [7, 11) is 0. The molecule has 1 fully saturated rings. The van der Waals surface area contributed by atoms with Crippen LogP contribution in [0.5, 0.6) is 0 Å². The molecule has 1 aliphatic rings. The molecule has 3 aromatic heterocycles. The third-order valence-corrected chi connectivity index (χ3v) is 5.20. The molecule has 1 aliphatic heterocycles. The lowest BCUT2D eigenvalue weighted by Crippen LogP contribution is -2.39. The fourth-order valence-corrected chi connectivity index (χ4v) is 3.54. The molecule has 0 radical (unpaired) electrons. The highest BCUT2D eigenvalue weighted by Gasteiger charge is 2.28. The van der Waals surface area contributed by atoms with Gasteiger partial charge in [-0.25, -0.2) is 0 Å². The van der Waals surface area contributed by atoms with E-state index in [2.05, 4.69) is 36.0 Å². The highest BCUT2D eigenvalue weighted by molar-refractivity contribution is 5.92. The number of hydrogen-bond acceptors (Lipinski definition) is 5. The second-order valence-electron chi connectivity index (χ2n) is 8.29. The lowest BCUT2D eigenvalue weighted by Gasteiger charge is -2.31. The Bertz CT molecular complexity index is 1070. The molecule has 28 heavy (non-hydrogen) atoms. The Morgan fingerprint density at radius 3 is 2.54 bits per heavy atom. The average molecular weight is 380 g/mol. The van der Waals surface area contributed by atoms with Gasteiger partial charge in [-0.05, 0) is 31.0 Å². The van der Waals surface area contributed by atoms with E-state index < -0.39 is 0 Å². The van der Waals surface area contributed by atoms with Crippen molar-refractivity contribution in [1.29, 1.82) is 0 Å². The van der Waals surface area contributed by atoms with Crippen molar-refractivity contribution in [1.82, 2.24) is 29.7 Å². The van der Waals surface area contributed by atoms with Gasteiger partial charge in [0.25, 0.3) is 5.91 Å². The van der Waals surface area contributed by atoms with Crippen molar-refractivity contribution in [2.75, 3.05) is 13.1 Å². The molecule has 3 aromatic rings. The smallest absolute Gasteiger partial charge is 0.270 e. The fraction of sp³-hybridized carbons (Fsp3) is 0.450. The van der Waals surface area contributed by atoms with Crippen LogP contribution in [0.2, 0.25) is 0 Å². The fourth-order valence-electron chi connectivity index (χ4n) is 3.54. The van der Waals surface area contributed by atoms with Gasteiger partial charge in [-0.1, -0.05) is 26.8 Å². The monoisotopic (exact) mass is 380 g/mol. The SMILES string of the molecule is CC(C)(C)c1ccc2nnc(C3CCN(C(=O)c4cccc(=O)[nH]4)CC3)n2n1. The van der Waals surface area contributed by atoms with Crippen molar-refractivity contribution >= 4 is 11.6 Å². The van der Waals surface area contributed by atoms with Crippen LogP contribution < -0.4 is 5.56 Å². The maximum atomic E-state index is 12.6. The van der Waals surface area contributed by atoms with Crippen LogP contribution in [0.1, 0.15) is 61.5 Å². The number of aromatic amines is 1. The summed E-state index contributed by atoms with van der Waals surface area (Å²) in [5, 5.41) is 13.4.